The minimum atomic E-state index is -1.22. The van der Waals surface area contributed by atoms with Gasteiger partial charge in [-0.25, -0.2) is 28.1 Å². The molecular weight excluding hydrogens is 457 g/mol. The van der Waals surface area contributed by atoms with Crippen molar-refractivity contribution in [3.63, 3.8) is 0 Å². The molecule has 2 aromatic rings. The van der Waals surface area contributed by atoms with E-state index in [1.807, 2.05) is 0 Å². The van der Waals surface area contributed by atoms with Crippen molar-refractivity contribution >= 4 is 35.8 Å². The van der Waals surface area contributed by atoms with E-state index in [4.69, 9.17) is 38.4 Å². The monoisotopic (exact) mass is 473 g/mol. The molecule has 1 heterocycles. The Bertz CT molecular complexity index is 1210. The predicted octanol–water partition coefficient (Wildman–Crippen LogP) is 1.35. The summed E-state index contributed by atoms with van der Waals surface area (Å²) in [6.07, 6.45) is 0.689. The van der Waals surface area contributed by atoms with Crippen molar-refractivity contribution in [2.75, 3.05) is 6.61 Å². The number of nitrogens with zero attached hydrogens (tertiary/aromatic N) is 3. The van der Waals surface area contributed by atoms with Crippen LogP contribution in [0, 0.1) is 10.6 Å². The number of benzene rings is 1. The normalized spacial score (nSPS) is 12.0. The Morgan fingerprint density at radius 1 is 1.26 bits per heavy atom. The molecule has 0 spiro atoms. The van der Waals surface area contributed by atoms with Gasteiger partial charge in [0, 0.05) is 26.2 Å². The van der Waals surface area contributed by atoms with Crippen LogP contribution in [-0.4, -0.2) is 43.5 Å². The van der Waals surface area contributed by atoms with Gasteiger partial charge < -0.3 is 14.6 Å². The van der Waals surface area contributed by atoms with Crippen LogP contribution >= 0.6 is 23.8 Å². The molecule has 0 aliphatic carbocycles. The molecule has 1 aromatic carbocycles. The maximum absolute atomic E-state index is 14.6. The third-order valence-corrected chi connectivity index (χ3v) is 4.83. The number of hydrogen-bond acceptors (Lipinski definition) is 7. The van der Waals surface area contributed by atoms with Crippen LogP contribution < -0.4 is 16.1 Å². The third kappa shape index (κ3) is 5.27. The van der Waals surface area contributed by atoms with Crippen LogP contribution in [0.2, 0.25) is 5.02 Å². The summed E-state index contributed by atoms with van der Waals surface area (Å²) in [5.41, 5.74) is -2.24. The van der Waals surface area contributed by atoms with E-state index >= 15 is 0 Å². The SMILES string of the molecule is CC(Oc1cc(-n2c(=O)n(C)c(=S)n(C)c2=O)c(F)cc1Cl)C(=O)OCC=CC(=O)O. The molecule has 1 N–H and O–H groups in total. The number of carboxylic acids is 1. The third-order valence-electron chi connectivity index (χ3n) is 3.99. The molecule has 13 heteroatoms. The fourth-order valence-corrected chi connectivity index (χ4v) is 2.74. The minimum Gasteiger partial charge on any atom is -0.478 e. The van der Waals surface area contributed by atoms with Crippen molar-refractivity contribution in [3.8, 4) is 11.4 Å². The molecule has 0 aliphatic rings. The minimum absolute atomic E-state index is 0.0644. The molecular formula is C18H17ClFN3O7S. The van der Waals surface area contributed by atoms with Crippen molar-refractivity contribution in [3.05, 3.63) is 60.9 Å². The van der Waals surface area contributed by atoms with E-state index in [2.05, 4.69) is 0 Å². The maximum atomic E-state index is 14.6. The van der Waals surface area contributed by atoms with Gasteiger partial charge in [-0.15, -0.1) is 0 Å². The van der Waals surface area contributed by atoms with Crippen molar-refractivity contribution < 1.29 is 28.6 Å². The van der Waals surface area contributed by atoms with Gasteiger partial charge in [0.2, 0.25) is 0 Å². The Labute approximate surface area is 184 Å². The number of esters is 1. The highest BCUT2D eigenvalue weighted by molar-refractivity contribution is 7.71. The molecule has 1 unspecified atom stereocenters. The Balaban J connectivity index is 2.40. The van der Waals surface area contributed by atoms with Crippen LogP contribution in [0.1, 0.15) is 6.92 Å². The van der Waals surface area contributed by atoms with E-state index in [9.17, 15) is 23.6 Å². The first-order valence-corrected chi connectivity index (χ1v) is 9.35. The highest BCUT2D eigenvalue weighted by atomic mass is 35.5. The van der Waals surface area contributed by atoms with Gasteiger partial charge in [-0.2, -0.15) is 0 Å². The van der Waals surface area contributed by atoms with Gasteiger partial charge in [0.15, 0.2) is 10.9 Å². The molecule has 0 fully saturated rings. The van der Waals surface area contributed by atoms with Gasteiger partial charge in [0.25, 0.3) is 0 Å². The van der Waals surface area contributed by atoms with Crippen LogP contribution in [0.4, 0.5) is 4.39 Å². The standard InChI is InChI=1S/C18H17ClFN3O7S/c1-9(15(26)29-6-4-5-14(24)25)30-13-8-12(11(20)7-10(13)19)23-16(27)21(2)18(31)22(3)17(23)28/h4-5,7-9H,6H2,1-3H3,(H,24,25). The lowest BCUT2D eigenvalue weighted by Gasteiger charge is -2.17. The fourth-order valence-electron chi connectivity index (χ4n) is 2.39. The number of aliphatic carboxylic acids is 1. The predicted molar refractivity (Wildman–Crippen MR) is 110 cm³/mol. The average molecular weight is 474 g/mol. The molecule has 0 bridgehead atoms. The fraction of sp³-hybridized carbons (Fsp3) is 0.278. The van der Waals surface area contributed by atoms with E-state index in [1.165, 1.54) is 21.0 Å². The van der Waals surface area contributed by atoms with Gasteiger partial charge >= 0.3 is 23.3 Å². The topological polar surface area (TPSA) is 122 Å². The van der Waals surface area contributed by atoms with Crippen LogP contribution in [0.15, 0.2) is 33.9 Å². The van der Waals surface area contributed by atoms with E-state index in [1.54, 1.807) is 0 Å². The summed E-state index contributed by atoms with van der Waals surface area (Å²) in [4.78, 5) is 47.4. The number of halogens is 2. The average Bonchev–Trinajstić information content (AvgIpc) is 2.71. The van der Waals surface area contributed by atoms with E-state index in [0.717, 1.165) is 33.4 Å². The number of ether oxygens (including phenoxy) is 2. The summed E-state index contributed by atoms with van der Waals surface area (Å²) in [6, 6.07) is 1.82. The van der Waals surface area contributed by atoms with E-state index in [-0.39, 0.29) is 22.2 Å². The summed E-state index contributed by atoms with van der Waals surface area (Å²) in [6.45, 7) is 1.01. The van der Waals surface area contributed by atoms with Crippen LogP contribution in [0.5, 0.6) is 5.75 Å². The number of carbonyl (C=O) groups is 2. The summed E-state index contributed by atoms with van der Waals surface area (Å²) >= 11 is 11.0. The second-order valence-corrected chi connectivity index (χ2v) is 6.94. The number of aromatic nitrogens is 3. The smallest absolute Gasteiger partial charge is 0.347 e. The highest BCUT2D eigenvalue weighted by Gasteiger charge is 2.21. The summed E-state index contributed by atoms with van der Waals surface area (Å²) in [5.74, 6) is -3.23. The lowest BCUT2D eigenvalue weighted by atomic mass is 10.2. The number of carboxylic acid groups (broad SMARTS) is 1. The Kier molecular flexibility index (Phi) is 7.52. The van der Waals surface area contributed by atoms with Crippen molar-refractivity contribution in [1.82, 2.24) is 13.7 Å². The molecule has 1 atom stereocenters. The zero-order valence-corrected chi connectivity index (χ0v) is 18.1. The summed E-state index contributed by atoms with van der Waals surface area (Å²) in [5, 5.41) is 8.27. The molecule has 10 nitrogen and oxygen atoms in total. The summed E-state index contributed by atoms with van der Waals surface area (Å²) in [7, 11) is 2.64. The first kappa shape index (κ1) is 24.0. The molecule has 0 saturated carbocycles. The number of carbonyl (C=O) groups excluding carboxylic acids is 1. The van der Waals surface area contributed by atoms with Gasteiger partial charge in [0.1, 0.15) is 18.2 Å². The molecule has 1 aromatic heterocycles. The Hall–Kier alpha value is -3.25. The zero-order chi connectivity index (χ0) is 23.5. The molecule has 31 heavy (non-hydrogen) atoms. The second kappa shape index (κ2) is 9.71. The van der Waals surface area contributed by atoms with E-state index in [0.29, 0.717) is 4.57 Å². The van der Waals surface area contributed by atoms with Crippen molar-refractivity contribution in [2.45, 2.75) is 13.0 Å². The lowest BCUT2D eigenvalue weighted by molar-refractivity contribution is -0.149. The molecule has 166 valence electrons. The maximum Gasteiger partial charge on any atom is 0.347 e. The summed E-state index contributed by atoms with van der Waals surface area (Å²) < 4.78 is 27.3. The van der Waals surface area contributed by atoms with Crippen molar-refractivity contribution in [1.29, 1.82) is 0 Å². The quantitative estimate of drug-likeness (QED) is 0.363. The largest absolute Gasteiger partial charge is 0.478 e. The molecule has 0 amide bonds. The molecule has 2 rings (SSSR count). The zero-order valence-electron chi connectivity index (χ0n) is 16.5. The lowest BCUT2D eigenvalue weighted by Crippen LogP contribution is -2.43. The molecule has 0 saturated heterocycles. The van der Waals surface area contributed by atoms with Crippen LogP contribution in [0.3, 0.4) is 0 Å². The van der Waals surface area contributed by atoms with Gasteiger partial charge in [0.05, 0.1) is 10.7 Å². The number of hydrogen-bond donors (Lipinski definition) is 1. The molecule has 0 radical (unpaired) electrons. The van der Waals surface area contributed by atoms with E-state index < -0.39 is 40.9 Å². The van der Waals surface area contributed by atoms with Gasteiger partial charge in [-0.05, 0) is 31.3 Å². The van der Waals surface area contributed by atoms with Crippen molar-refractivity contribution in [2.24, 2.45) is 14.1 Å². The number of rotatable bonds is 7. The highest BCUT2D eigenvalue weighted by Crippen LogP contribution is 2.30. The van der Waals surface area contributed by atoms with Crippen LogP contribution in [-0.2, 0) is 28.4 Å². The first-order valence-electron chi connectivity index (χ1n) is 8.57. The first-order chi connectivity index (χ1) is 14.5. The molecule has 0 aliphatic heterocycles. The van der Waals surface area contributed by atoms with Gasteiger partial charge in [-0.1, -0.05) is 11.6 Å². The van der Waals surface area contributed by atoms with Crippen LogP contribution in [0.25, 0.3) is 5.69 Å². The second-order valence-electron chi connectivity index (χ2n) is 6.17. The Morgan fingerprint density at radius 2 is 1.84 bits per heavy atom. The Morgan fingerprint density at radius 3 is 2.39 bits per heavy atom. The van der Waals surface area contributed by atoms with Gasteiger partial charge in [-0.3, -0.25) is 9.13 Å².